The van der Waals surface area contributed by atoms with E-state index in [0.29, 0.717) is 19.6 Å². The average Bonchev–Trinajstić information content (AvgIpc) is 2.39. The fourth-order valence-corrected chi connectivity index (χ4v) is 2.36. The quantitative estimate of drug-likeness (QED) is 0.800. The van der Waals surface area contributed by atoms with Gasteiger partial charge in [0.05, 0.1) is 0 Å². The summed E-state index contributed by atoms with van der Waals surface area (Å²) >= 11 is 0. The first-order chi connectivity index (χ1) is 8.84. The molecule has 1 aliphatic rings. The molecular formula is C13H24N2O4. The first-order valence-electron chi connectivity index (χ1n) is 6.75. The van der Waals surface area contributed by atoms with Gasteiger partial charge in [-0.3, -0.25) is 0 Å². The van der Waals surface area contributed by atoms with Crippen LogP contribution >= 0.6 is 0 Å². The number of carboxylic acid groups (broad SMARTS) is 1. The fraction of sp³-hybridized carbons (Fsp3) is 0.846. The van der Waals surface area contributed by atoms with Crippen LogP contribution in [0.1, 0.15) is 33.6 Å². The molecule has 1 fully saturated rings. The lowest BCUT2D eigenvalue weighted by atomic mass is 9.97. The second-order valence-electron chi connectivity index (χ2n) is 5.50. The van der Waals surface area contributed by atoms with Crippen molar-refractivity contribution < 1.29 is 19.8 Å². The van der Waals surface area contributed by atoms with Crippen LogP contribution in [0.15, 0.2) is 0 Å². The Hall–Kier alpha value is -1.30. The SMILES string of the molecule is CCN(C(=O)N1CCC(CO)CC1)C(C)(C)C(=O)O. The number of hydrogen-bond donors (Lipinski definition) is 2. The smallest absolute Gasteiger partial charge is 0.329 e. The van der Waals surface area contributed by atoms with Crippen molar-refractivity contribution in [2.45, 2.75) is 39.2 Å². The average molecular weight is 272 g/mol. The summed E-state index contributed by atoms with van der Waals surface area (Å²) in [6.45, 7) is 6.53. The van der Waals surface area contributed by atoms with Gasteiger partial charge in [-0.15, -0.1) is 0 Å². The number of carbonyl (C=O) groups excluding carboxylic acids is 1. The lowest BCUT2D eigenvalue weighted by Gasteiger charge is -2.40. The molecule has 0 aliphatic carbocycles. The molecule has 1 heterocycles. The van der Waals surface area contributed by atoms with Crippen molar-refractivity contribution in [3.63, 3.8) is 0 Å². The molecule has 6 nitrogen and oxygen atoms in total. The van der Waals surface area contributed by atoms with Gasteiger partial charge in [-0.05, 0) is 39.5 Å². The Bertz CT molecular complexity index is 336. The van der Waals surface area contributed by atoms with Gasteiger partial charge in [0.15, 0.2) is 0 Å². The lowest BCUT2D eigenvalue weighted by molar-refractivity contribution is -0.147. The first kappa shape index (κ1) is 15.8. The molecule has 0 aromatic carbocycles. The van der Waals surface area contributed by atoms with E-state index >= 15 is 0 Å². The lowest BCUT2D eigenvalue weighted by Crippen LogP contribution is -2.58. The number of amides is 2. The van der Waals surface area contributed by atoms with E-state index < -0.39 is 11.5 Å². The third-order valence-corrected chi connectivity index (χ3v) is 3.89. The van der Waals surface area contributed by atoms with Crippen LogP contribution in [0.4, 0.5) is 4.79 Å². The van der Waals surface area contributed by atoms with E-state index in [1.54, 1.807) is 11.8 Å². The van der Waals surface area contributed by atoms with Gasteiger partial charge in [0.2, 0.25) is 0 Å². The van der Waals surface area contributed by atoms with Gasteiger partial charge in [0, 0.05) is 26.2 Å². The van der Waals surface area contributed by atoms with E-state index in [2.05, 4.69) is 0 Å². The largest absolute Gasteiger partial charge is 0.480 e. The molecule has 0 aromatic rings. The minimum atomic E-state index is -1.21. The highest BCUT2D eigenvalue weighted by Gasteiger charge is 2.39. The van der Waals surface area contributed by atoms with E-state index in [1.165, 1.54) is 18.7 Å². The Morgan fingerprint density at radius 3 is 2.21 bits per heavy atom. The molecule has 1 rings (SSSR count). The number of nitrogens with zero attached hydrogens (tertiary/aromatic N) is 2. The molecule has 0 bridgehead atoms. The number of likely N-dealkylation sites (tertiary alicyclic amines) is 1. The number of aliphatic hydroxyl groups is 1. The van der Waals surface area contributed by atoms with Gasteiger partial charge in [-0.1, -0.05) is 0 Å². The number of aliphatic carboxylic acids is 1. The van der Waals surface area contributed by atoms with Crippen LogP contribution in [0.2, 0.25) is 0 Å². The van der Waals surface area contributed by atoms with Crippen molar-refractivity contribution in [1.82, 2.24) is 9.80 Å². The van der Waals surface area contributed by atoms with E-state index in [9.17, 15) is 14.7 Å². The summed E-state index contributed by atoms with van der Waals surface area (Å²) < 4.78 is 0. The minimum Gasteiger partial charge on any atom is -0.480 e. The zero-order valence-corrected chi connectivity index (χ0v) is 11.9. The molecule has 19 heavy (non-hydrogen) atoms. The maximum Gasteiger partial charge on any atom is 0.329 e. The molecular weight excluding hydrogens is 248 g/mol. The van der Waals surface area contributed by atoms with Crippen LogP contribution in [0.5, 0.6) is 0 Å². The van der Waals surface area contributed by atoms with Crippen molar-refractivity contribution in [2.75, 3.05) is 26.2 Å². The first-order valence-corrected chi connectivity index (χ1v) is 6.75. The van der Waals surface area contributed by atoms with Crippen LogP contribution in [0, 0.1) is 5.92 Å². The highest BCUT2D eigenvalue weighted by molar-refractivity contribution is 5.85. The summed E-state index contributed by atoms with van der Waals surface area (Å²) in [4.78, 5) is 26.7. The standard InChI is InChI=1S/C13H24N2O4/c1-4-15(13(2,3)11(17)18)12(19)14-7-5-10(9-16)6-8-14/h10,16H,4-9H2,1-3H3,(H,17,18). The number of carbonyl (C=O) groups is 2. The molecule has 6 heteroatoms. The number of piperidine rings is 1. The number of rotatable bonds is 4. The number of aliphatic hydroxyl groups excluding tert-OH is 1. The maximum absolute atomic E-state index is 12.4. The van der Waals surface area contributed by atoms with Crippen molar-refractivity contribution in [2.24, 2.45) is 5.92 Å². The Morgan fingerprint density at radius 1 is 1.32 bits per heavy atom. The summed E-state index contributed by atoms with van der Waals surface area (Å²) in [5, 5.41) is 18.3. The van der Waals surface area contributed by atoms with Gasteiger partial charge in [-0.2, -0.15) is 0 Å². The van der Waals surface area contributed by atoms with Crippen LogP contribution in [0.3, 0.4) is 0 Å². The summed E-state index contributed by atoms with van der Waals surface area (Å²) in [5.74, 6) is -0.750. The highest BCUT2D eigenvalue weighted by Crippen LogP contribution is 2.21. The molecule has 0 atom stereocenters. The van der Waals surface area contributed by atoms with E-state index in [1.807, 2.05) is 0 Å². The van der Waals surface area contributed by atoms with Crippen LogP contribution < -0.4 is 0 Å². The number of urea groups is 1. The Morgan fingerprint density at radius 2 is 1.84 bits per heavy atom. The third kappa shape index (κ3) is 3.37. The molecule has 2 N–H and O–H groups in total. The van der Waals surface area contributed by atoms with Crippen LogP contribution in [-0.2, 0) is 4.79 Å². The van der Waals surface area contributed by atoms with Crippen molar-refractivity contribution in [3.8, 4) is 0 Å². The van der Waals surface area contributed by atoms with Crippen LogP contribution in [-0.4, -0.2) is 63.8 Å². The Labute approximate surface area is 114 Å². The van der Waals surface area contributed by atoms with Crippen LogP contribution in [0.25, 0.3) is 0 Å². The summed E-state index contributed by atoms with van der Waals surface area (Å²) in [7, 11) is 0. The summed E-state index contributed by atoms with van der Waals surface area (Å²) in [6, 6.07) is -0.230. The summed E-state index contributed by atoms with van der Waals surface area (Å²) in [6.07, 6.45) is 1.54. The molecule has 0 radical (unpaired) electrons. The Kier molecular flexibility index (Phi) is 5.17. The predicted octanol–water partition coefficient (Wildman–Crippen LogP) is 0.996. The zero-order chi connectivity index (χ0) is 14.6. The number of carboxylic acids is 1. The second-order valence-corrected chi connectivity index (χ2v) is 5.50. The normalized spacial score (nSPS) is 17.4. The third-order valence-electron chi connectivity index (χ3n) is 3.89. The second kappa shape index (κ2) is 6.23. The number of hydrogen-bond acceptors (Lipinski definition) is 3. The molecule has 0 unspecified atom stereocenters. The molecule has 2 amide bonds. The highest BCUT2D eigenvalue weighted by atomic mass is 16.4. The van der Waals surface area contributed by atoms with Crippen molar-refractivity contribution in [3.05, 3.63) is 0 Å². The molecule has 0 saturated carbocycles. The van der Waals surface area contributed by atoms with E-state index in [-0.39, 0.29) is 18.6 Å². The molecule has 1 saturated heterocycles. The number of likely N-dealkylation sites (N-methyl/N-ethyl adjacent to an activating group) is 1. The summed E-state index contributed by atoms with van der Waals surface area (Å²) in [5.41, 5.74) is -1.21. The van der Waals surface area contributed by atoms with Gasteiger partial charge >= 0.3 is 12.0 Å². The van der Waals surface area contributed by atoms with Gasteiger partial charge in [0.1, 0.15) is 5.54 Å². The topological polar surface area (TPSA) is 81.1 Å². The van der Waals surface area contributed by atoms with E-state index in [4.69, 9.17) is 5.11 Å². The molecule has 0 spiro atoms. The predicted molar refractivity (Wildman–Crippen MR) is 70.9 cm³/mol. The van der Waals surface area contributed by atoms with Gasteiger partial charge in [0.25, 0.3) is 0 Å². The van der Waals surface area contributed by atoms with Gasteiger partial charge in [-0.25, -0.2) is 9.59 Å². The zero-order valence-electron chi connectivity index (χ0n) is 11.9. The Balaban J connectivity index is 2.73. The van der Waals surface area contributed by atoms with Crippen molar-refractivity contribution in [1.29, 1.82) is 0 Å². The van der Waals surface area contributed by atoms with E-state index in [0.717, 1.165) is 12.8 Å². The molecule has 110 valence electrons. The fourth-order valence-electron chi connectivity index (χ4n) is 2.36. The molecule has 0 aromatic heterocycles. The monoisotopic (exact) mass is 272 g/mol. The molecule has 1 aliphatic heterocycles. The maximum atomic E-state index is 12.4. The van der Waals surface area contributed by atoms with Gasteiger partial charge < -0.3 is 20.0 Å². The minimum absolute atomic E-state index is 0.153. The van der Waals surface area contributed by atoms with Crippen molar-refractivity contribution >= 4 is 12.0 Å².